The maximum Gasteiger partial charge on any atom is 0.176 e. The Morgan fingerprint density at radius 2 is 1.89 bits per heavy atom. The minimum absolute atomic E-state index is 0.00817. The van der Waals surface area contributed by atoms with Crippen LogP contribution >= 0.6 is 0 Å². The molecule has 18 heavy (non-hydrogen) atoms. The van der Waals surface area contributed by atoms with Crippen molar-refractivity contribution in [1.29, 1.82) is 0 Å². The Morgan fingerprint density at radius 1 is 1.28 bits per heavy atom. The molecule has 0 fully saturated rings. The van der Waals surface area contributed by atoms with E-state index < -0.39 is 9.84 Å². The minimum Gasteiger partial charge on any atom is -0.385 e. The zero-order valence-electron chi connectivity index (χ0n) is 10.4. The van der Waals surface area contributed by atoms with Gasteiger partial charge in [-0.1, -0.05) is 30.3 Å². The largest absolute Gasteiger partial charge is 0.385 e. The summed E-state index contributed by atoms with van der Waals surface area (Å²) in [5, 5.41) is 0.906. The van der Waals surface area contributed by atoms with Crippen molar-refractivity contribution < 1.29 is 8.42 Å². The summed E-state index contributed by atoms with van der Waals surface area (Å²) >= 11 is 0. The molecule has 5 nitrogen and oxygen atoms in total. The molecule has 1 aromatic carbocycles. The molecule has 0 aliphatic heterocycles. The van der Waals surface area contributed by atoms with Crippen LogP contribution in [0.4, 0.5) is 0 Å². The molecule has 6 heteroatoms. The second-order valence-electron chi connectivity index (χ2n) is 4.21. The van der Waals surface area contributed by atoms with Gasteiger partial charge < -0.3 is 16.4 Å². The number of sulfone groups is 1. The van der Waals surface area contributed by atoms with Crippen molar-refractivity contribution in [3.63, 3.8) is 0 Å². The molecule has 100 valence electrons. The summed E-state index contributed by atoms with van der Waals surface area (Å²) < 4.78 is 23.1. The van der Waals surface area contributed by atoms with Crippen LogP contribution in [0.5, 0.6) is 0 Å². The van der Waals surface area contributed by atoms with Gasteiger partial charge in [0.2, 0.25) is 0 Å². The maximum absolute atomic E-state index is 11.5. The number of hydrogen-bond donors (Lipinski definition) is 2. The summed E-state index contributed by atoms with van der Waals surface area (Å²) in [5.74, 6) is -0.172. The first-order valence-corrected chi connectivity index (χ1v) is 7.28. The van der Waals surface area contributed by atoms with Crippen LogP contribution in [0.15, 0.2) is 41.6 Å². The maximum atomic E-state index is 11.5. The summed E-state index contributed by atoms with van der Waals surface area (Å²) in [7, 11) is -1.45. The predicted molar refractivity (Wildman–Crippen MR) is 73.0 cm³/mol. The predicted octanol–water partition coefficient (Wildman–Crippen LogP) is 0.250. The summed E-state index contributed by atoms with van der Waals surface area (Å²) in [6.45, 7) is 1.14. The third kappa shape index (κ3) is 5.70. The molecule has 0 saturated heterocycles. The molecule has 0 bridgehead atoms. The molecule has 0 aliphatic rings. The molecule has 0 atom stereocenters. The number of benzene rings is 1. The number of rotatable bonds is 6. The molecule has 0 spiro atoms. The second kappa shape index (κ2) is 6.42. The van der Waals surface area contributed by atoms with Crippen molar-refractivity contribution in [2.75, 3.05) is 19.3 Å². The molecular weight excluding hydrogens is 250 g/mol. The van der Waals surface area contributed by atoms with Crippen molar-refractivity contribution in [3.05, 3.63) is 47.1 Å². The molecule has 0 aliphatic carbocycles. The Kier molecular flexibility index (Phi) is 5.18. The van der Waals surface area contributed by atoms with Crippen LogP contribution < -0.4 is 11.5 Å². The van der Waals surface area contributed by atoms with Gasteiger partial charge >= 0.3 is 0 Å². The van der Waals surface area contributed by atoms with Crippen molar-refractivity contribution >= 4 is 9.84 Å². The van der Waals surface area contributed by atoms with Crippen molar-refractivity contribution in [2.24, 2.45) is 11.5 Å². The van der Waals surface area contributed by atoms with Crippen molar-refractivity contribution in [2.45, 2.75) is 6.54 Å². The lowest BCUT2D eigenvalue weighted by Gasteiger charge is -2.15. The van der Waals surface area contributed by atoms with E-state index in [0.29, 0.717) is 13.1 Å². The van der Waals surface area contributed by atoms with Crippen LogP contribution in [-0.4, -0.2) is 32.7 Å². The van der Waals surface area contributed by atoms with Crippen molar-refractivity contribution in [3.8, 4) is 0 Å². The Labute approximate surface area is 108 Å². The molecule has 0 unspecified atom stereocenters. The molecule has 0 heterocycles. The Hall–Kier alpha value is -1.53. The molecule has 0 saturated carbocycles. The minimum atomic E-state index is -3.32. The van der Waals surface area contributed by atoms with Gasteiger partial charge in [-0.05, 0) is 12.6 Å². The van der Waals surface area contributed by atoms with E-state index >= 15 is 0 Å². The lowest BCUT2D eigenvalue weighted by molar-refractivity contribution is 0.346. The third-order valence-corrected chi connectivity index (χ3v) is 3.75. The van der Waals surface area contributed by atoms with Gasteiger partial charge in [0.15, 0.2) is 9.84 Å². The van der Waals surface area contributed by atoms with E-state index in [4.69, 9.17) is 11.5 Å². The highest BCUT2D eigenvalue weighted by Gasteiger charge is 2.09. The molecule has 1 aromatic rings. The molecule has 0 aromatic heterocycles. The average molecular weight is 269 g/mol. The SMILES string of the molecule is CN(CCS(=O)(=O)C=C(N)N)Cc1ccccc1. The van der Waals surface area contributed by atoms with Gasteiger partial charge in [-0.25, -0.2) is 8.42 Å². The van der Waals surface area contributed by atoms with Crippen LogP contribution in [-0.2, 0) is 16.4 Å². The zero-order chi connectivity index (χ0) is 13.6. The van der Waals surface area contributed by atoms with Crippen LogP contribution in [0.25, 0.3) is 0 Å². The first-order valence-electron chi connectivity index (χ1n) is 5.57. The lowest BCUT2D eigenvalue weighted by Crippen LogP contribution is -2.25. The van der Waals surface area contributed by atoms with Crippen LogP contribution in [0.2, 0.25) is 0 Å². The normalized spacial score (nSPS) is 11.4. The summed E-state index contributed by atoms with van der Waals surface area (Å²) in [5.41, 5.74) is 11.5. The molecule has 4 N–H and O–H groups in total. The van der Waals surface area contributed by atoms with E-state index in [9.17, 15) is 8.42 Å². The van der Waals surface area contributed by atoms with Gasteiger partial charge in [0, 0.05) is 13.1 Å². The standard InChI is InChI=1S/C12H19N3O2S/c1-15(9-11-5-3-2-4-6-11)7-8-18(16,17)10-12(13)14/h2-6,10H,7-9,13-14H2,1H3. The fourth-order valence-electron chi connectivity index (χ4n) is 1.52. The van der Waals surface area contributed by atoms with E-state index in [0.717, 1.165) is 11.0 Å². The lowest BCUT2D eigenvalue weighted by atomic mass is 10.2. The van der Waals surface area contributed by atoms with Crippen LogP contribution in [0.3, 0.4) is 0 Å². The van der Waals surface area contributed by atoms with Crippen molar-refractivity contribution in [1.82, 2.24) is 4.90 Å². The van der Waals surface area contributed by atoms with Gasteiger partial charge in [0.05, 0.1) is 11.2 Å². The smallest absolute Gasteiger partial charge is 0.176 e. The van der Waals surface area contributed by atoms with E-state index in [-0.39, 0.29) is 11.6 Å². The Bertz CT molecular complexity index is 493. The number of nitrogens with zero attached hydrogens (tertiary/aromatic N) is 1. The average Bonchev–Trinajstić information content (AvgIpc) is 2.26. The highest BCUT2D eigenvalue weighted by Crippen LogP contribution is 2.03. The van der Waals surface area contributed by atoms with Gasteiger partial charge in [0.1, 0.15) is 5.82 Å². The van der Waals surface area contributed by atoms with Crippen LogP contribution in [0.1, 0.15) is 5.56 Å². The van der Waals surface area contributed by atoms with Gasteiger partial charge in [-0.15, -0.1) is 0 Å². The molecule has 0 radical (unpaired) electrons. The van der Waals surface area contributed by atoms with E-state index in [2.05, 4.69) is 0 Å². The monoisotopic (exact) mass is 269 g/mol. The highest BCUT2D eigenvalue weighted by molar-refractivity contribution is 7.94. The van der Waals surface area contributed by atoms with E-state index in [1.165, 1.54) is 0 Å². The van der Waals surface area contributed by atoms with Crippen LogP contribution in [0, 0.1) is 0 Å². The fourth-order valence-corrected chi connectivity index (χ4v) is 2.62. The molecule has 0 amide bonds. The summed E-state index contributed by atoms with van der Waals surface area (Å²) in [6, 6.07) is 9.86. The molecular formula is C12H19N3O2S. The second-order valence-corrected chi connectivity index (χ2v) is 6.18. The van der Waals surface area contributed by atoms with Gasteiger partial charge in [-0.2, -0.15) is 0 Å². The Morgan fingerprint density at radius 3 is 2.44 bits per heavy atom. The summed E-state index contributed by atoms with van der Waals surface area (Å²) in [6.07, 6.45) is 0. The number of hydrogen-bond acceptors (Lipinski definition) is 5. The molecule has 1 rings (SSSR count). The fraction of sp³-hybridized carbons (Fsp3) is 0.333. The first-order chi connectivity index (χ1) is 8.39. The zero-order valence-corrected chi connectivity index (χ0v) is 11.2. The quantitative estimate of drug-likeness (QED) is 0.772. The highest BCUT2D eigenvalue weighted by atomic mass is 32.2. The Balaban J connectivity index is 2.47. The third-order valence-electron chi connectivity index (χ3n) is 2.37. The topological polar surface area (TPSA) is 89.4 Å². The van der Waals surface area contributed by atoms with E-state index in [1.54, 1.807) is 0 Å². The van der Waals surface area contributed by atoms with E-state index in [1.807, 2.05) is 42.3 Å². The van der Waals surface area contributed by atoms with Gasteiger partial charge in [-0.3, -0.25) is 0 Å². The van der Waals surface area contributed by atoms with Gasteiger partial charge in [0.25, 0.3) is 0 Å². The first kappa shape index (κ1) is 14.5. The summed E-state index contributed by atoms with van der Waals surface area (Å²) in [4.78, 5) is 1.94. The number of nitrogens with two attached hydrogens (primary N) is 2.